The maximum Gasteiger partial charge on any atom is 0.287 e. The highest BCUT2D eigenvalue weighted by Gasteiger charge is 2.30. The Balaban J connectivity index is 1.60. The van der Waals surface area contributed by atoms with Crippen LogP contribution in [0.25, 0.3) is 0 Å². The molecule has 0 radical (unpaired) electrons. The fraction of sp³-hybridized carbons (Fsp3) is 0.238. The highest BCUT2D eigenvalue weighted by molar-refractivity contribution is 6.39. The van der Waals surface area contributed by atoms with E-state index in [1.54, 1.807) is 6.07 Å². The third-order valence-corrected chi connectivity index (χ3v) is 4.77. The molecule has 150 valence electrons. The molecule has 0 aromatic heterocycles. The zero-order valence-corrected chi connectivity index (χ0v) is 16.0. The first-order valence-electron chi connectivity index (χ1n) is 9.19. The largest absolute Gasteiger partial charge is 0.338 e. The lowest BCUT2D eigenvalue weighted by Crippen LogP contribution is -2.51. The number of amidine groups is 2. The molecular weight excluding hydrogens is 373 g/mol. The van der Waals surface area contributed by atoms with Gasteiger partial charge in [-0.15, -0.1) is 0 Å². The molecule has 0 fully saturated rings. The van der Waals surface area contributed by atoms with Crippen LogP contribution in [0.1, 0.15) is 17.5 Å². The summed E-state index contributed by atoms with van der Waals surface area (Å²) in [7, 11) is 1.53. The van der Waals surface area contributed by atoms with Crippen LogP contribution in [0.4, 0.5) is 10.1 Å². The Bertz CT molecular complexity index is 961. The summed E-state index contributed by atoms with van der Waals surface area (Å²) in [5.74, 6) is -2.09. The van der Waals surface area contributed by atoms with Crippen LogP contribution in [0.3, 0.4) is 0 Å². The van der Waals surface area contributed by atoms with E-state index in [1.807, 2.05) is 30.3 Å². The second kappa shape index (κ2) is 8.64. The average molecular weight is 395 g/mol. The van der Waals surface area contributed by atoms with Crippen LogP contribution in [-0.2, 0) is 22.4 Å². The molecule has 1 heterocycles. The van der Waals surface area contributed by atoms with Gasteiger partial charge >= 0.3 is 0 Å². The van der Waals surface area contributed by atoms with Gasteiger partial charge in [-0.3, -0.25) is 20.4 Å². The van der Waals surface area contributed by atoms with E-state index in [2.05, 4.69) is 10.6 Å². The third kappa shape index (κ3) is 4.84. The van der Waals surface area contributed by atoms with Gasteiger partial charge in [0, 0.05) is 19.2 Å². The molecule has 7 nitrogen and oxygen atoms in total. The van der Waals surface area contributed by atoms with Crippen LogP contribution in [-0.4, -0.2) is 36.6 Å². The monoisotopic (exact) mass is 395 g/mol. The summed E-state index contributed by atoms with van der Waals surface area (Å²) >= 11 is 0. The molecule has 4 N–H and O–H groups in total. The molecule has 0 spiro atoms. The van der Waals surface area contributed by atoms with Crippen molar-refractivity contribution in [2.75, 3.05) is 11.9 Å². The predicted octanol–water partition coefficient (Wildman–Crippen LogP) is 2.01. The molecule has 2 aromatic carbocycles. The Labute approximate surface area is 167 Å². The molecule has 0 bridgehead atoms. The first kappa shape index (κ1) is 20.2. The van der Waals surface area contributed by atoms with Crippen molar-refractivity contribution < 1.29 is 14.0 Å². The summed E-state index contributed by atoms with van der Waals surface area (Å²) in [6.07, 6.45) is 1.08. The normalized spacial score (nSPS) is 15.9. The van der Waals surface area contributed by atoms with Crippen LogP contribution in [0.5, 0.6) is 0 Å². The van der Waals surface area contributed by atoms with Gasteiger partial charge in [0.1, 0.15) is 17.7 Å². The van der Waals surface area contributed by atoms with Crippen molar-refractivity contribution in [2.24, 2.45) is 0 Å². The molecule has 1 aliphatic heterocycles. The van der Waals surface area contributed by atoms with E-state index in [4.69, 9.17) is 10.8 Å². The number of fused-ring (bicyclic) bond motifs is 1. The number of amides is 2. The Hall–Kier alpha value is -3.55. The van der Waals surface area contributed by atoms with Crippen LogP contribution in [0, 0.1) is 16.6 Å². The topological polar surface area (TPSA) is 109 Å². The van der Waals surface area contributed by atoms with Crippen molar-refractivity contribution in [3.63, 3.8) is 0 Å². The van der Waals surface area contributed by atoms with Gasteiger partial charge in [0.25, 0.3) is 5.91 Å². The smallest absolute Gasteiger partial charge is 0.287 e. The minimum atomic E-state index is -0.839. The zero-order valence-electron chi connectivity index (χ0n) is 16.0. The number of nitrogens with zero attached hydrogens (tertiary/aromatic N) is 1. The summed E-state index contributed by atoms with van der Waals surface area (Å²) in [5.41, 5.74) is 2.17. The molecule has 3 rings (SSSR count). The second-order valence-corrected chi connectivity index (χ2v) is 6.88. The third-order valence-electron chi connectivity index (χ3n) is 4.77. The number of carbonyl (C=O) groups is 2. The van der Waals surface area contributed by atoms with Crippen molar-refractivity contribution in [3.8, 4) is 0 Å². The van der Waals surface area contributed by atoms with Crippen LogP contribution < -0.4 is 15.5 Å². The van der Waals surface area contributed by atoms with Crippen LogP contribution >= 0.6 is 0 Å². The van der Waals surface area contributed by atoms with Gasteiger partial charge < -0.3 is 15.5 Å². The molecule has 0 aliphatic carbocycles. The molecule has 1 atom stereocenters. The number of hydrogen-bond donors (Lipinski definition) is 4. The Morgan fingerprint density at radius 1 is 1.21 bits per heavy atom. The van der Waals surface area contributed by atoms with Crippen molar-refractivity contribution in [1.29, 1.82) is 10.8 Å². The van der Waals surface area contributed by atoms with E-state index >= 15 is 0 Å². The Morgan fingerprint density at radius 2 is 1.93 bits per heavy atom. The van der Waals surface area contributed by atoms with Crippen molar-refractivity contribution >= 4 is 29.2 Å². The summed E-state index contributed by atoms with van der Waals surface area (Å²) in [5, 5.41) is 20.9. The fourth-order valence-electron chi connectivity index (χ4n) is 3.25. The number of nitrogens with one attached hydrogen (secondary N) is 4. The molecule has 1 aliphatic rings. The molecule has 8 heteroatoms. The van der Waals surface area contributed by atoms with Gasteiger partial charge in [-0.1, -0.05) is 36.4 Å². The zero-order chi connectivity index (χ0) is 21.0. The lowest BCUT2D eigenvalue weighted by Gasteiger charge is -2.22. The van der Waals surface area contributed by atoms with E-state index in [-0.39, 0.29) is 18.2 Å². The summed E-state index contributed by atoms with van der Waals surface area (Å²) in [6, 6.07) is 12.7. The number of halogens is 1. The van der Waals surface area contributed by atoms with E-state index in [1.165, 1.54) is 24.1 Å². The molecule has 0 saturated heterocycles. The molecule has 2 aromatic rings. The molecule has 2 amide bonds. The summed E-state index contributed by atoms with van der Waals surface area (Å²) < 4.78 is 13.6. The SMILES string of the molecule is CN1C(=O)[C@@H](NC(=O)C(=N)NC(=N)Cc2ccccc2)CCc2ccc(F)cc21. The average Bonchev–Trinajstić information content (AvgIpc) is 2.81. The van der Waals surface area contributed by atoms with Crippen molar-refractivity contribution in [1.82, 2.24) is 10.6 Å². The lowest BCUT2D eigenvalue weighted by molar-refractivity contribution is -0.124. The summed E-state index contributed by atoms with van der Waals surface area (Å²) in [6.45, 7) is 0. The van der Waals surface area contributed by atoms with E-state index < -0.39 is 23.6 Å². The van der Waals surface area contributed by atoms with E-state index in [0.717, 1.165) is 11.1 Å². The summed E-state index contributed by atoms with van der Waals surface area (Å²) in [4.78, 5) is 26.4. The van der Waals surface area contributed by atoms with Gasteiger partial charge in [0.15, 0.2) is 5.84 Å². The maximum absolute atomic E-state index is 13.6. The number of hydrogen-bond acceptors (Lipinski definition) is 4. The first-order chi connectivity index (χ1) is 13.8. The highest BCUT2D eigenvalue weighted by Crippen LogP contribution is 2.26. The molecular formula is C21H22FN5O2. The standard InChI is InChI=1S/C21H22FN5O2/c1-27-17-12-15(22)9-7-14(17)8-10-16(21(27)29)25-20(28)19(24)26-18(23)11-13-5-3-2-4-6-13/h2-7,9,12,16H,8,10-11H2,1H3,(H,25,28)(H3,23,24,26)/t16-/m0/s1. The first-order valence-corrected chi connectivity index (χ1v) is 9.19. The fourth-order valence-corrected chi connectivity index (χ4v) is 3.25. The highest BCUT2D eigenvalue weighted by atomic mass is 19.1. The second-order valence-electron chi connectivity index (χ2n) is 6.88. The number of anilines is 1. The number of carbonyl (C=O) groups excluding carboxylic acids is 2. The van der Waals surface area contributed by atoms with E-state index in [0.29, 0.717) is 18.5 Å². The Kier molecular flexibility index (Phi) is 6.01. The quantitative estimate of drug-likeness (QED) is 0.471. The predicted molar refractivity (Wildman–Crippen MR) is 109 cm³/mol. The number of likely N-dealkylation sites (N-methyl/N-ethyl adjacent to an activating group) is 1. The molecule has 0 unspecified atom stereocenters. The minimum absolute atomic E-state index is 0.00328. The number of rotatable bonds is 3. The van der Waals surface area contributed by atoms with Crippen LogP contribution in [0.2, 0.25) is 0 Å². The van der Waals surface area contributed by atoms with E-state index in [9.17, 15) is 14.0 Å². The van der Waals surface area contributed by atoms with Gasteiger partial charge in [-0.05, 0) is 36.1 Å². The van der Waals surface area contributed by atoms with Crippen molar-refractivity contribution in [3.05, 3.63) is 65.5 Å². The number of aryl methyl sites for hydroxylation is 1. The van der Waals surface area contributed by atoms with Crippen LogP contribution in [0.15, 0.2) is 48.5 Å². The Morgan fingerprint density at radius 3 is 2.66 bits per heavy atom. The lowest BCUT2D eigenvalue weighted by atomic mass is 10.1. The maximum atomic E-state index is 13.6. The van der Waals surface area contributed by atoms with Gasteiger partial charge in [-0.2, -0.15) is 0 Å². The van der Waals surface area contributed by atoms with Crippen molar-refractivity contribution in [2.45, 2.75) is 25.3 Å². The minimum Gasteiger partial charge on any atom is -0.338 e. The molecule has 0 saturated carbocycles. The van der Waals surface area contributed by atoms with Gasteiger partial charge in [-0.25, -0.2) is 4.39 Å². The number of benzene rings is 2. The van der Waals surface area contributed by atoms with Gasteiger partial charge in [0.05, 0.1) is 0 Å². The molecule has 29 heavy (non-hydrogen) atoms. The van der Waals surface area contributed by atoms with Gasteiger partial charge in [0.2, 0.25) is 5.91 Å².